The Morgan fingerprint density at radius 1 is 1.00 bits per heavy atom. The van der Waals surface area contributed by atoms with Crippen molar-refractivity contribution in [1.29, 1.82) is 0 Å². The highest BCUT2D eigenvalue weighted by molar-refractivity contribution is 6.31. The monoisotopic (exact) mass is 433 g/mol. The van der Waals surface area contributed by atoms with Gasteiger partial charge in [0, 0.05) is 29.2 Å². The molecule has 32 heavy (non-hydrogen) atoms. The lowest BCUT2D eigenvalue weighted by Crippen LogP contribution is -2.53. The number of benzene rings is 2. The normalized spacial score (nSPS) is 15.4. The van der Waals surface area contributed by atoms with Crippen LogP contribution >= 0.6 is 0 Å². The van der Waals surface area contributed by atoms with Gasteiger partial charge in [0.2, 0.25) is 0 Å². The Hall–Kier alpha value is -4.07. The largest absolute Gasteiger partial charge is 0.493 e. The zero-order valence-corrected chi connectivity index (χ0v) is 17.8. The highest BCUT2D eigenvalue weighted by atomic mass is 16.5. The van der Waals surface area contributed by atoms with Gasteiger partial charge in [0.05, 0.1) is 13.7 Å². The van der Waals surface area contributed by atoms with Crippen molar-refractivity contribution in [2.45, 2.75) is 13.5 Å². The molecule has 8 nitrogen and oxygen atoms in total. The highest BCUT2D eigenvalue weighted by Crippen LogP contribution is 2.27. The molecule has 164 valence electrons. The maximum atomic E-state index is 12.7. The summed E-state index contributed by atoms with van der Waals surface area (Å²) >= 11 is 0. The predicted molar refractivity (Wildman–Crippen MR) is 119 cm³/mol. The molecule has 1 aliphatic heterocycles. The van der Waals surface area contributed by atoms with Crippen molar-refractivity contribution in [2.24, 2.45) is 0 Å². The fourth-order valence-electron chi connectivity index (χ4n) is 3.70. The second-order valence-electron chi connectivity index (χ2n) is 7.16. The van der Waals surface area contributed by atoms with Crippen LogP contribution in [0.25, 0.3) is 17.0 Å². The van der Waals surface area contributed by atoms with Gasteiger partial charge in [-0.15, -0.1) is 0 Å². The maximum Gasteiger partial charge on any atom is 0.331 e. The number of imide groups is 2. The Labute approximate surface area is 185 Å². The molecule has 0 saturated carbocycles. The Balaban J connectivity index is 1.62. The molecule has 1 aliphatic rings. The van der Waals surface area contributed by atoms with E-state index in [0.717, 1.165) is 15.8 Å². The number of carbonyl (C=O) groups is 3. The number of aromatic nitrogens is 1. The van der Waals surface area contributed by atoms with Gasteiger partial charge >= 0.3 is 6.03 Å². The molecular weight excluding hydrogens is 410 g/mol. The van der Waals surface area contributed by atoms with Gasteiger partial charge in [0.25, 0.3) is 11.8 Å². The molecule has 0 radical (unpaired) electrons. The van der Waals surface area contributed by atoms with Crippen molar-refractivity contribution >= 4 is 34.8 Å². The fraction of sp³-hybridized carbons (Fsp3) is 0.208. The van der Waals surface area contributed by atoms with Crippen molar-refractivity contribution in [3.05, 3.63) is 65.9 Å². The predicted octanol–water partition coefficient (Wildman–Crippen LogP) is 3.21. The molecule has 3 aromatic rings. The van der Waals surface area contributed by atoms with Crippen LogP contribution in [0.5, 0.6) is 11.5 Å². The molecule has 0 aliphatic carbocycles. The molecule has 4 amide bonds. The van der Waals surface area contributed by atoms with Gasteiger partial charge < -0.3 is 14.0 Å². The topological polar surface area (TPSA) is 89.9 Å². The van der Waals surface area contributed by atoms with E-state index in [4.69, 9.17) is 9.47 Å². The number of likely N-dealkylation sites (N-methyl/N-ethyl adjacent to an activating group) is 1. The molecule has 0 unspecified atom stereocenters. The third-order valence-electron chi connectivity index (χ3n) is 5.28. The van der Waals surface area contributed by atoms with Crippen molar-refractivity contribution in [2.75, 3.05) is 20.3 Å². The number of carbonyl (C=O) groups excluding carboxylic acids is 3. The van der Waals surface area contributed by atoms with E-state index in [1.54, 1.807) is 14.0 Å². The van der Waals surface area contributed by atoms with E-state index in [1.165, 1.54) is 6.08 Å². The first-order valence-corrected chi connectivity index (χ1v) is 10.3. The summed E-state index contributed by atoms with van der Waals surface area (Å²) in [5.74, 6) is 0.0216. The van der Waals surface area contributed by atoms with Crippen LogP contribution in [0.4, 0.5) is 4.79 Å². The van der Waals surface area contributed by atoms with Crippen molar-refractivity contribution in [3.63, 3.8) is 0 Å². The quantitative estimate of drug-likeness (QED) is 0.457. The molecule has 1 N–H and O–H groups in total. The molecule has 1 aromatic heterocycles. The van der Waals surface area contributed by atoms with E-state index in [0.29, 0.717) is 30.2 Å². The van der Waals surface area contributed by atoms with Gasteiger partial charge in [-0.2, -0.15) is 0 Å². The van der Waals surface area contributed by atoms with Crippen LogP contribution in [0.1, 0.15) is 12.5 Å². The van der Waals surface area contributed by atoms with E-state index >= 15 is 0 Å². The van der Waals surface area contributed by atoms with Crippen LogP contribution < -0.4 is 14.8 Å². The Morgan fingerprint density at radius 3 is 2.47 bits per heavy atom. The lowest BCUT2D eigenvalue weighted by Gasteiger charge is -2.24. The van der Waals surface area contributed by atoms with Crippen molar-refractivity contribution in [1.82, 2.24) is 14.8 Å². The van der Waals surface area contributed by atoms with Gasteiger partial charge in [-0.3, -0.25) is 19.8 Å². The summed E-state index contributed by atoms with van der Waals surface area (Å²) in [6.07, 6.45) is 3.41. The van der Waals surface area contributed by atoms with Crippen LogP contribution in [-0.2, 0) is 16.1 Å². The lowest BCUT2D eigenvalue weighted by molar-refractivity contribution is -0.129. The van der Waals surface area contributed by atoms with Crippen LogP contribution in [0.2, 0.25) is 0 Å². The lowest BCUT2D eigenvalue weighted by atomic mass is 10.1. The summed E-state index contributed by atoms with van der Waals surface area (Å²) in [6, 6.07) is 14.4. The zero-order chi connectivity index (χ0) is 22.7. The number of nitrogens with zero attached hydrogens (tertiary/aromatic N) is 2. The summed E-state index contributed by atoms with van der Waals surface area (Å²) in [5.41, 5.74) is 1.58. The second kappa shape index (κ2) is 8.97. The van der Waals surface area contributed by atoms with Gasteiger partial charge in [-0.05, 0) is 31.2 Å². The van der Waals surface area contributed by atoms with Crippen LogP contribution in [0.15, 0.2) is 60.3 Å². The highest BCUT2D eigenvalue weighted by Gasteiger charge is 2.34. The first-order chi connectivity index (χ1) is 15.5. The molecule has 8 heteroatoms. The average molecular weight is 433 g/mol. The minimum atomic E-state index is -0.699. The number of rotatable bonds is 7. The number of para-hydroxylation sites is 3. The minimum absolute atomic E-state index is 0.0698. The number of urea groups is 1. The first kappa shape index (κ1) is 21.2. The third-order valence-corrected chi connectivity index (χ3v) is 5.28. The van der Waals surface area contributed by atoms with E-state index in [2.05, 4.69) is 5.32 Å². The van der Waals surface area contributed by atoms with E-state index < -0.39 is 17.8 Å². The number of hydrogen-bond acceptors (Lipinski definition) is 5. The Kier molecular flexibility index (Phi) is 5.93. The van der Waals surface area contributed by atoms with Gasteiger partial charge in [-0.25, -0.2) is 4.79 Å². The standard InChI is InChI=1S/C24H23N3O5/c1-3-27-23(29)18(22(28)25-24(27)30)14-16-15-26(19-9-5-4-8-17(16)19)12-13-32-21-11-7-6-10-20(21)31-2/h4-11,14-15H,3,12-13H2,1-2H3,(H,25,28,30). The molecule has 0 atom stereocenters. The minimum Gasteiger partial charge on any atom is -0.493 e. The second-order valence-corrected chi connectivity index (χ2v) is 7.16. The Bertz CT molecular complexity index is 1230. The van der Waals surface area contributed by atoms with Crippen molar-refractivity contribution < 1.29 is 23.9 Å². The number of amides is 4. The fourth-order valence-corrected chi connectivity index (χ4v) is 3.70. The summed E-state index contributed by atoms with van der Waals surface area (Å²) < 4.78 is 13.2. The van der Waals surface area contributed by atoms with E-state index in [1.807, 2.05) is 59.3 Å². The molecule has 1 saturated heterocycles. The number of barbiturate groups is 1. The third kappa shape index (κ3) is 3.94. The molecule has 2 aromatic carbocycles. The van der Waals surface area contributed by atoms with Gasteiger partial charge in [-0.1, -0.05) is 30.3 Å². The SMILES string of the molecule is CCN1C(=O)NC(=O)C(=Cc2cn(CCOc3ccccc3OC)c3ccccc23)C1=O. The van der Waals surface area contributed by atoms with Crippen molar-refractivity contribution in [3.8, 4) is 11.5 Å². The number of nitrogens with one attached hydrogen (secondary N) is 1. The average Bonchev–Trinajstić information content (AvgIpc) is 3.14. The van der Waals surface area contributed by atoms with Gasteiger partial charge in [0.1, 0.15) is 12.2 Å². The summed E-state index contributed by atoms with van der Waals surface area (Å²) in [5, 5.41) is 3.11. The Morgan fingerprint density at radius 2 is 1.72 bits per heavy atom. The summed E-state index contributed by atoms with van der Waals surface area (Å²) in [4.78, 5) is 37.8. The van der Waals surface area contributed by atoms with Crippen LogP contribution in [-0.4, -0.2) is 47.6 Å². The number of hydrogen-bond donors (Lipinski definition) is 1. The summed E-state index contributed by atoms with van der Waals surface area (Å²) in [7, 11) is 1.59. The summed E-state index contributed by atoms with van der Waals surface area (Å²) in [6.45, 7) is 2.80. The van der Waals surface area contributed by atoms with Gasteiger partial charge in [0.15, 0.2) is 11.5 Å². The smallest absolute Gasteiger partial charge is 0.331 e. The molecule has 0 bridgehead atoms. The molecule has 0 spiro atoms. The molecule has 1 fully saturated rings. The molecule has 2 heterocycles. The van der Waals surface area contributed by atoms with E-state index in [9.17, 15) is 14.4 Å². The van der Waals surface area contributed by atoms with E-state index in [-0.39, 0.29) is 12.1 Å². The number of fused-ring (bicyclic) bond motifs is 1. The first-order valence-electron chi connectivity index (χ1n) is 10.3. The number of ether oxygens (including phenoxy) is 2. The number of methoxy groups -OCH3 is 1. The maximum absolute atomic E-state index is 12.7. The molecular formula is C24H23N3O5. The van der Waals surface area contributed by atoms with Crippen LogP contribution in [0.3, 0.4) is 0 Å². The molecule has 4 rings (SSSR count). The zero-order valence-electron chi connectivity index (χ0n) is 17.8. The van der Waals surface area contributed by atoms with Crippen LogP contribution in [0, 0.1) is 0 Å².